The van der Waals surface area contributed by atoms with Gasteiger partial charge in [0.05, 0.1) is 0 Å². The third kappa shape index (κ3) is 4.09. The molecule has 0 radical (unpaired) electrons. The van der Waals surface area contributed by atoms with Gasteiger partial charge in [0.25, 0.3) is 0 Å². The van der Waals surface area contributed by atoms with Crippen LogP contribution in [-0.2, 0) is 5.41 Å². The number of aromatic nitrogens is 2. The van der Waals surface area contributed by atoms with Crippen LogP contribution in [0.1, 0.15) is 65.3 Å². The lowest BCUT2D eigenvalue weighted by atomic mass is 9.95. The van der Waals surface area contributed by atoms with Crippen molar-refractivity contribution in [2.24, 2.45) is 5.92 Å². The minimum atomic E-state index is -0.0840. The molecule has 1 aromatic rings. The molecular weight excluding hydrogens is 282 g/mol. The normalized spacial score (nSPS) is 15.6. The Morgan fingerprint density at radius 2 is 1.86 bits per heavy atom. The predicted molar refractivity (Wildman–Crippen MR) is 90.3 cm³/mol. The largest absolute Gasteiger partial charge is 0.353 e. The van der Waals surface area contributed by atoms with Crippen LogP contribution in [0.5, 0.6) is 0 Å². The molecule has 1 heterocycles. The van der Waals surface area contributed by atoms with Crippen LogP contribution < -0.4 is 4.90 Å². The van der Waals surface area contributed by atoms with Gasteiger partial charge >= 0.3 is 0 Å². The van der Waals surface area contributed by atoms with Crippen LogP contribution in [0.15, 0.2) is 0 Å². The van der Waals surface area contributed by atoms with E-state index in [4.69, 9.17) is 16.6 Å². The summed E-state index contributed by atoms with van der Waals surface area (Å²) >= 11 is 6.38. The van der Waals surface area contributed by atoms with Crippen molar-refractivity contribution in [3.05, 3.63) is 16.5 Å². The second kappa shape index (κ2) is 6.12. The van der Waals surface area contributed by atoms with Crippen molar-refractivity contribution in [3.8, 4) is 0 Å². The average Bonchev–Trinajstić information content (AvgIpc) is 3.17. The molecule has 0 amide bonds. The summed E-state index contributed by atoms with van der Waals surface area (Å²) in [4.78, 5) is 11.8. The molecule has 3 nitrogen and oxygen atoms in total. The van der Waals surface area contributed by atoms with Crippen LogP contribution in [0.3, 0.4) is 0 Å². The predicted octanol–water partition coefficient (Wildman–Crippen LogP) is 4.75. The van der Waals surface area contributed by atoms with E-state index in [1.165, 1.54) is 19.3 Å². The Balaban J connectivity index is 2.37. The average molecular weight is 310 g/mol. The molecule has 0 saturated heterocycles. The molecule has 2 rings (SSSR count). The Labute approximate surface area is 134 Å². The summed E-state index contributed by atoms with van der Waals surface area (Å²) in [6.45, 7) is 14.0. The molecule has 0 N–H and O–H groups in total. The van der Waals surface area contributed by atoms with E-state index < -0.39 is 0 Å². The molecule has 1 aliphatic carbocycles. The van der Waals surface area contributed by atoms with Crippen LogP contribution in [0, 0.1) is 12.8 Å². The van der Waals surface area contributed by atoms with Gasteiger partial charge in [-0.1, -0.05) is 46.2 Å². The molecule has 1 aromatic heterocycles. The Hall–Kier alpha value is -0.830. The van der Waals surface area contributed by atoms with Crippen molar-refractivity contribution in [2.45, 2.75) is 72.3 Å². The van der Waals surface area contributed by atoms with Crippen molar-refractivity contribution >= 4 is 17.4 Å². The quantitative estimate of drug-likeness (QED) is 0.735. The van der Waals surface area contributed by atoms with Gasteiger partial charge in [0.1, 0.15) is 16.8 Å². The number of rotatable bonds is 5. The molecule has 4 heteroatoms. The van der Waals surface area contributed by atoms with Crippen molar-refractivity contribution in [2.75, 3.05) is 11.4 Å². The van der Waals surface area contributed by atoms with Gasteiger partial charge in [0.2, 0.25) is 0 Å². The lowest BCUT2D eigenvalue weighted by molar-refractivity contribution is 0.537. The first-order valence-corrected chi connectivity index (χ1v) is 8.39. The first kappa shape index (κ1) is 16.5. The van der Waals surface area contributed by atoms with E-state index in [1.54, 1.807) is 0 Å². The fourth-order valence-electron chi connectivity index (χ4n) is 2.34. The number of hydrogen-bond donors (Lipinski definition) is 0. The summed E-state index contributed by atoms with van der Waals surface area (Å²) in [5.41, 5.74) is 0.930. The number of nitrogens with zero attached hydrogens (tertiary/aromatic N) is 3. The molecule has 0 spiro atoms. The van der Waals surface area contributed by atoms with E-state index >= 15 is 0 Å². The number of anilines is 1. The Morgan fingerprint density at radius 1 is 1.24 bits per heavy atom. The Morgan fingerprint density at radius 3 is 2.33 bits per heavy atom. The van der Waals surface area contributed by atoms with Crippen molar-refractivity contribution in [1.82, 2.24) is 9.97 Å². The molecule has 0 unspecified atom stereocenters. The minimum absolute atomic E-state index is 0.0840. The van der Waals surface area contributed by atoms with E-state index in [-0.39, 0.29) is 5.41 Å². The van der Waals surface area contributed by atoms with E-state index in [0.29, 0.717) is 17.1 Å². The monoisotopic (exact) mass is 309 g/mol. The number of halogens is 1. The summed E-state index contributed by atoms with van der Waals surface area (Å²) < 4.78 is 0. The van der Waals surface area contributed by atoms with Gasteiger partial charge in [-0.3, -0.25) is 0 Å². The van der Waals surface area contributed by atoms with Gasteiger partial charge in [0.15, 0.2) is 0 Å². The third-order valence-electron chi connectivity index (χ3n) is 3.94. The van der Waals surface area contributed by atoms with Crippen LogP contribution in [0.25, 0.3) is 0 Å². The summed E-state index contributed by atoms with van der Waals surface area (Å²) in [6, 6.07) is 0.640. The molecule has 1 saturated carbocycles. The highest BCUT2D eigenvalue weighted by Gasteiger charge is 2.32. The Bertz CT molecular complexity index is 501. The lowest BCUT2D eigenvalue weighted by Gasteiger charge is -2.28. The maximum Gasteiger partial charge on any atom is 0.137 e. The summed E-state index contributed by atoms with van der Waals surface area (Å²) in [5.74, 6) is 2.58. The fraction of sp³-hybridized carbons (Fsp3) is 0.765. The summed E-state index contributed by atoms with van der Waals surface area (Å²) in [5, 5.41) is 0.597. The maximum atomic E-state index is 6.38. The molecule has 0 aliphatic heterocycles. The van der Waals surface area contributed by atoms with E-state index in [2.05, 4.69) is 44.5 Å². The zero-order valence-corrected chi connectivity index (χ0v) is 15.0. The van der Waals surface area contributed by atoms with Crippen LogP contribution in [-0.4, -0.2) is 22.6 Å². The smallest absolute Gasteiger partial charge is 0.137 e. The number of hydrogen-bond acceptors (Lipinski definition) is 3. The van der Waals surface area contributed by atoms with E-state index in [9.17, 15) is 0 Å². The molecule has 21 heavy (non-hydrogen) atoms. The van der Waals surface area contributed by atoms with Crippen LogP contribution >= 0.6 is 11.6 Å². The van der Waals surface area contributed by atoms with Gasteiger partial charge in [-0.25, -0.2) is 9.97 Å². The zero-order chi connectivity index (χ0) is 15.8. The summed E-state index contributed by atoms with van der Waals surface area (Å²) in [7, 11) is 0. The van der Waals surface area contributed by atoms with Gasteiger partial charge in [-0.2, -0.15) is 0 Å². The van der Waals surface area contributed by atoms with Crippen molar-refractivity contribution in [3.63, 3.8) is 0 Å². The maximum absolute atomic E-state index is 6.38. The standard InChI is InChI=1S/C17H28ClN3/c1-11(2)9-10-21(13-7-8-13)15-12(3)14(18)19-16(20-15)17(4,5)6/h11,13H,7-10H2,1-6H3. The molecular formula is C17H28ClN3. The second-order valence-corrected chi connectivity index (χ2v) is 8.00. The van der Waals surface area contributed by atoms with Crippen molar-refractivity contribution < 1.29 is 0 Å². The summed E-state index contributed by atoms with van der Waals surface area (Å²) in [6.07, 6.45) is 3.72. The topological polar surface area (TPSA) is 29.0 Å². The first-order valence-electron chi connectivity index (χ1n) is 8.01. The Kier molecular flexibility index (Phi) is 4.82. The van der Waals surface area contributed by atoms with Gasteiger partial charge in [-0.05, 0) is 32.1 Å². The van der Waals surface area contributed by atoms with Gasteiger partial charge < -0.3 is 4.90 Å². The highest BCUT2D eigenvalue weighted by Crippen LogP contribution is 2.35. The highest BCUT2D eigenvalue weighted by atomic mass is 35.5. The molecule has 0 atom stereocenters. The highest BCUT2D eigenvalue weighted by molar-refractivity contribution is 6.30. The molecule has 118 valence electrons. The van der Waals surface area contributed by atoms with Gasteiger partial charge in [-0.15, -0.1) is 0 Å². The molecule has 0 aromatic carbocycles. The fourth-order valence-corrected chi connectivity index (χ4v) is 2.50. The van der Waals surface area contributed by atoms with Crippen LogP contribution in [0.4, 0.5) is 5.82 Å². The van der Waals surface area contributed by atoms with Gasteiger partial charge in [0, 0.05) is 23.6 Å². The zero-order valence-electron chi connectivity index (χ0n) is 14.2. The lowest BCUT2D eigenvalue weighted by Crippen LogP contribution is -2.31. The molecule has 1 fully saturated rings. The van der Waals surface area contributed by atoms with Crippen LogP contribution in [0.2, 0.25) is 5.15 Å². The van der Waals surface area contributed by atoms with E-state index in [1.807, 2.05) is 6.92 Å². The SMILES string of the molecule is Cc1c(Cl)nc(C(C)(C)C)nc1N(CCC(C)C)C1CC1. The second-order valence-electron chi connectivity index (χ2n) is 7.64. The van der Waals surface area contributed by atoms with E-state index in [0.717, 1.165) is 23.8 Å². The van der Waals surface area contributed by atoms with Crippen molar-refractivity contribution in [1.29, 1.82) is 0 Å². The molecule has 0 bridgehead atoms. The molecule has 1 aliphatic rings. The minimum Gasteiger partial charge on any atom is -0.353 e. The third-order valence-corrected chi connectivity index (χ3v) is 4.31. The first-order chi connectivity index (χ1) is 9.70.